The maximum Gasteiger partial charge on any atom is 0.239 e. The molecule has 0 saturated carbocycles. The second-order valence-corrected chi connectivity index (χ2v) is 5.00. The fraction of sp³-hybridized carbons (Fsp3) is 0.400. The summed E-state index contributed by atoms with van der Waals surface area (Å²) < 4.78 is 16.3. The number of carbonyl (C=O) groups is 1. The van der Waals surface area contributed by atoms with Gasteiger partial charge in [-0.3, -0.25) is 4.79 Å². The van der Waals surface area contributed by atoms with Gasteiger partial charge in [0.2, 0.25) is 5.79 Å². The van der Waals surface area contributed by atoms with Gasteiger partial charge in [-0.15, -0.1) is 0 Å². The number of hydrogen-bond acceptors (Lipinski definition) is 6. The van der Waals surface area contributed by atoms with Crippen molar-refractivity contribution in [2.45, 2.75) is 24.5 Å². The van der Waals surface area contributed by atoms with Crippen LogP contribution in [0, 0.1) is 0 Å². The van der Waals surface area contributed by atoms with Crippen LogP contribution >= 0.6 is 0 Å². The summed E-state index contributed by atoms with van der Waals surface area (Å²) in [7, 11) is 3.01. The molecule has 1 aliphatic heterocycles. The fourth-order valence-corrected chi connectivity index (χ4v) is 2.66. The van der Waals surface area contributed by atoms with Gasteiger partial charge in [0.1, 0.15) is 5.75 Å². The second kappa shape index (κ2) is 5.14. The van der Waals surface area contributed by atoms with E-state index < -0.39 is 18.0 Å². The molecular formula is C15H17NO5. The predicted octanol–water partition coefficient (Wildman–Crippen LogP) is 0.705. The first-order chi connectivity index (χ1) is 10.1. The summed E-state index contributed by atoms with van der Waals surface area (Å²) in [6.45, 7) is 0.345. The molecule has 6 nitrogen and oxygen atoms in total. The molecule has 1 fully saturated rings. The fourth-order valence-electron chi connectivity index (χ4n) is 2.66. The third-order valence-electron chi connectivity index (χ3n) is 3.88. The van der Waals surface area contributed by atoms with Crippen molar-refractivity contribution in [2.24, 2.45) is 0 Å². The number of ether oxygens (including phenoxy) is 3. The van der Waals surface area contributed by atoms with E-state index in [1.807, 2.05) is 6.07 Å². The van der Waals surface area contributed by atoms with E-state index in [1.165, 1.54) is 20.3 Å². The largest absolute Gasteiger partial charge is 0.508 e. The van der Waals surface area contributed by atoms with E-state index in [1.54, 1.807) is 18.2 Å². The smallest absolute Gasteiger partial charge is 0.239 e. The van der Waals surface area contributed by atoms with Crippen LogP contribution in [-0.2, 0) is 25.5 Å². The average molecular weight is 291 g/mol. The summed E-state index contributed by atoms with van der Waals surface area (Å²) in [5, 5.41) is 12.9. The number of carbonyl (C=O) groups excluding carboxylic acids is 1. The minimum absolute atomic E-state index is 0.107. The molecule has 1 aromatic rings. The zero-order valence-electron chi connectivity index (χ0n) is 11.8. The quantitative estimate of drug-likeness (QED) is 0.614. The zero-order valence-corrected chi connectivity index (χ0v) is 11.8. The number of phenols is 1. The van der Waals surface area contributed by atoms with Gasteiger partial charge in [-0.05, 0) is 6.07 Å². The minimum Gasteiger partial charge on any atom is -0.508 e. The van der Waals surface area contributed by atoms with Crippen LogP contribution in [0.4, 0.5) is 0 Å². The van der Waals surface area contributed by atoms with E-state index in [4.69, 9.17) is 14.2 Å². The lowest BCUT2D eigenvalue weighted by molar-refractivity contribution is -0.195. The van der Waals surface area contributed by atoms with Crippen molar-refractivity contribution in [3.05, 3.63) is 41.6 Å². The molecule has 2 aliphatic rings. The molecule has 0 unspecified atom stereocenters. The summed E-state index contributed by atoms with van der Waals surface area (Å²) in [5.74, 6) is -1.03. The molecular weight excluding hydrogens is 274 g/mol. The Bertz CT molecular complexity index is 593. The molecule has 6 heteroatoms. The number of epoxide rings is 1. The summed E-state index contributed by atoms with van der Waals surface area (Å²) in [5.41, 5.74) is 1.21. The van der Waals surface area contributed by atoms with Crippen molar-refractivity contribution in [2.75, 3.05) is 14.2 Å². The molecule has 2 N–H and O–H groups in total. The number of rotatable bonds is 5. The number of benzene rings is 1. The Kier molecular flexibility index (Phi) is 3.44. The van der Waals surface area contributed by atoms with Crippen molar-refractivity contribution in [3.8, 4) is 5.75 Å². The Morgan fingerprint density at radius 2 is 2.05 bits per heavy atom. The van der Waals surface area contributed by atoms with E-state index in [0.29, 0.717) is 17.8 Å². The minimum atomic E-state index is -1.11. The van der Waals surface area contributed by atoms with Gasteiger partial charge in [0.15, 0.2) is 18.0 Å². The number of aromatic hydroxyl groups is 1. The number of methoxy groups -OCH3 is 2. The zero-order chi connectivity index (χ0) is 15.0. The van der Waals surface area contributed by atoms with Crippen LogP contribution in [-0.4, -0.2) is 43.1 Å². The number of fused-ring (bicyclic) bond motifs is 1. The van der Waals surface area contributed by atoms with Crippen LogP contribution in [0.5, 0.6) is 5.75 Å². The molecule has 1 aliphatic carbocycles. The maximum absolute atomic E-state index is 11.8. The highest BCUT2D eigenvalue weighted by atomic mass is 16.7. The third-order valence-corrected chi connectivity index (χ3v) is 3.88. The lowest BCUT2D eigenvalue weighted by Gasteiger charge is -2.34. The lowest BCUT2D eigenvalue weighted by Crippen LogP contribution is -2.50. The highest BCUT2D eigenvalue weighted by Gasteiger charge is 2.64. The van der Waals surface area contributed by atoms with Gasteiger partial charge < -0.3 is 24.6 Å². The van der Waals surface area contributed by atoms with Gasteiger partial charge >= 0.3 is 0 Å². The van der Waals surface area contributed by atoms with E-state index in [0.717, 1.165) is 0 Å². The summed E-state index contributed by atoms with van der Waals surface area (Å²) in [6.07, 6.45) is 0.527. The van der Waals surface area contributed by atoms with E-state index >= 15 is 0 Å². The Balaban J connectivity index is 1.82. The number of ketones is 1. The molecule has 1 saturated heterocycles. The van der Waals surface area contributed by atoms with Crippen molar-refractivity contribution in [1.29, 1.82) is 0 Å². The molecule has 1 aromatic carbocycles. The Hall–Kier alpha value is -1.89. The first-order valence-corrected chi connectivity index (χ1v) is 6.65. The Morgan fingerprint density at radius 1 is 1.33 bits per heavy atom. The van der Waals surface area contributed by atoms with E-state index in [-0.39, 0.29) is 11.5 Å². The van der Waals surface area contributed by atoms with E-state index in [9.17, 15) is 9.90 Å². The van der Waals surface area contributed by atoms with Gasteiger partial charge in [0.25, 0.3) is 0 Å². The Morgan fingerprint density at radius 3 is 2.71 bits per heavy atom. The van der Waals surface area contributed by atoms with Gasteiger partial charge in [-0.1, -0.05) is 18.2 Å². The van der Waals surface area contributed by atoms with Gasteiger partial charge in [0, 0.05) is 32.4 Å². The molecule has 2 atom stereocenters. The highest BCUT2D eigenvalue weighted by molar-refractivity contribution is 5.98. The number of hydrogen-bond donors (Lipinski definition) is 2. The summed E-state index contributed by atoms with van der Waals surface area (Å²) in [4.78, 5) is 11.8. The standard InChI is InChI=1S/C15H17NO5/c1-19-15(20-2)12(7-11(18)13-14(15)21-13)16-8-9-5-3-4-6-10(9)17/h3-7,13-14,16-17H,8H2,1-2H3/t13-,14-/m1/s1. The first-order valence-electron chi connectivity index (χ1n) is 6.65. The SMILES string of the molecule is COC1(OC)C(NCc2ccccc2O)=CC(=O)[C@H]2O[C@H]21. The van der Waals surface area contributed by atoms with Gasteiger partial charge in [-0.25, -0.2) is 0 Å². The predicted molar refractivity (Wildman–Crippen MR) is 73.4 cm³/mol. The molecule has 0 amide bonds. The van der Waals surface area contributed by atoms with Crippen LogP contribution in [0.1, 0.15) is 5.56 Å². The molecule has 0 spiro atoms. The number of phenolic OH excluding ortho intramolecular Hbond substituents is 1. The lowest BCUT2D eigenvalue weighted by atomic mass is 9.96. The van der Waals surface area contributed by atoms with Crippen LogP contribution < -0.4 is 5.32 Å². The second-order valence-electron chi connectivity index (χ2n) is 5.00. The first kappa shape index (κ1) is 14.1. The number of para-hydroxylation sites is 1. The van der Waals surface area contributed by atoms with Crippen molar-refractivity contribution >= 4 is 5.78 Å². The molecule has 0 radical (unpaired) electrons. The van der Waals surface area contributed by atoms with Gasteiger partial charge in [0.05, 0.1) is 5.70 Å². The molecule has 21 heavy (non-hydrogen) atoms. The normalized spacial score (nSPS) is 26.0. The summed E-state index contributed by atoms with van der Waals surface area (Å²) in [6, 6.07) is 6.99. The topological polar surface area (TPSA) is 80.3 Å². The molecule has 0 aromatic heterocycles. The maximum atomic E-state index is 11.8. The van der Waals surface area contributed by atoms with Crippen molar-refractivity contribution in [3.63, 3.8) is 0 Å². The van der Waals surface area contributed by atoms with Crippen LogP contribution in [0.15, 0.2) is 36.0 Å². The number of nitrogens with one attached hydrogen (secondary N) is 1. The van der Waals surface area contributed by atoms with Crippen LogP contribution in [0.3, 0.4) is 0 Å². The third kappa shape index (κ3) is 2.21. The van der Waals surface area contributed by atoms with E-state index in [2.05, 4.69) is 5.32 Å². The average Bonchev–Trinajstić information content (AvgIpc) is 3.29. The van der Waals surface area contributed by atoms with Crippen LogP contribution in [0.2, 0.25) is 0 Å². The molecule has 1 heterocycles. The van der Waals surface area contributed by atoms with Gasteiger partial charge in [-0.2, -0.15) is 0 Å². The monoisotopic (exact) mass is 291 g/mol. The van der Waals surface area contributed by atoms with Crippen molar-refractivity contribution in [1.82, 2.24) is 5.32 Å². The molecule has 0 bridgehead atoms. The van der Waals surface area contributed by atoms with Crippen LogP contribution in [0.25, 0.3) is 0 Å². The highest BCUT2D eigenvalue weighted by Crippen LogP contribution is 2.43. The summed E-state index contributed by atoms with van der Waals surface area (Å²) >= 11 is 0. The molecule has 112 valence electrons. The molecule has 3 rings (SSSR count). The van der Waals surface area contributed by atoms with Crippen molar-refractivity contribution < 1.29 is 24.1 Å². The Labute approximate surface area is 122 Å².